The first kappa shape index (κ1) is 22.0. The topological polar surface area (TPSA) is 95.6 Å². The summed E-state index contributed by atoms with van der Waals surface area (Å²) in [6.45, 7) is 6.12. The Kier molecular flexibility index (Phi) is 6.58. The quantitative estimate of drug-likeness (QED) is 0.764. The fraction of sp³-hybridized carbons (Fsp3) is 0.364. The molecule has 0 saturated carbocycles. The minimum Gasteiger partial charge on any atom is -0.339 e. The van der Waals surface area contributed by atoms with Crippen molar-refractivity contribution in [1.82, 2.24) is 9.62 Å². The molecule has 2 amide bonds. The summed E-state index contributed by atoms with van der Waals surface area (Å²) in [5, 5.41) is 2.74. The Balaban J connectivity index is 1.62. The van der Waals surface area contributed by atoms with Gasteiger partial charge in [-0.2, -0.15) is 0 Å². The predicted octanol–water partition coefficient (Wildman–Crippen LogP) is 2.84. The van der Waals surface area contributed by atoms with Gasteiger partial charge in [0.05, 0.1) is 4.90 Å². The minimum atomic E-state index is -3.58. The summed E-state index contributed by atoms with van der Waals surface area (Å²) in [5.74, 6) is -0.314. The van der Waals surface area contributed by atoms with Crippen LogP contribution < -0.4 is 10.0 Å². The highest BCUT2D eigenvalue weighted by atomic mass is 32.2. The number of hydrogen-bond donors (Lipinski definition) is 2. The van der Waals surface area contributed by atoms with Gasteiger partial charge in [-0.25, -0.2) is 13.1 Å². The molecule has 1 fully saturated rings. The molecule has 1 aliphatic rings. The first-order valence-corrected chi connectivity index (χ1v) is 11.4. The molecule has 7 nitrogen and oxygen atoms in total. The summed E-state index contributed by atoms with van der Waals surface area (Å²) in [4.78, 5) is 26.2. The van der Waals surface area contributed by atoms with Crippen LogP contribution in [0.5, 0.6) is 0 Å². The van der Waals surface area contributed by atoms with Crippen LogP contribution >= 0.6 is 0 Å². The monoisotopic (exact) mass is 429 g/mol. The van der Waals surface area contributed by atoms with Crippen LogP contribution in [0.1, 0.15) is 41.3 Å². The second-order valence-corrected chi connectivity index (χ2v) is 9.43. The van der Waals surface area contributed by atoms with Gasteiger partial charge in [-0.1, -0.05) is 23.8 Å². The average Bonchev–Trinajstić information content (AvgIpc) is 2.69. The van der Waals surface area contributed by atoms with E-state index < -0.39 is 10.0 Å². The third kappa shape index (κ3) is 5.25. The van der Waals surface area contributed by atoms with E-state index in [-0.39, 0.29) is 22.8 Å². The summed E-state index contributed by atoms with van der Waals surface area (Å²) in [5.41, 5.74) is 3.00. The molecule has 2 aromatic carbocycles. The van der Waals surface area contributed by atoms with Crippen LogP contribution in [0.25, 0.3) is 0 Å². The standard InChI is InChI=1S/C22H27N3O4S/c1-15-4-8-20(9-5-15)30(28,29)24-19-10-12-25(13-11-19)22(27)18-7-6-16(2)21(14-18)23-17(3)26/h4-9,14,19,24H,10-13H2,1-3H3,(H,23,26). The van der Waals surface area contributed by atoms with Gasteiger partial charge in [-0.15, -0.1) is 0 Å². The van der Waals surface area contributed by atoms with Crippen molar-refractivity contribution < 1.29 is 18.0 Å². The number of rotatable bonds is 5. The molecule has 160 valence electrons. The first-order valence-electron chi connectivity index (χ1n) is 9.92. The highest BCUT2D eigenvalue weighted by Gasteiger charge is 2.27. The smallest absolute Gasteiger partial charge is 0.253 e. The van der Waals surface area contributed by atoms with Crippen molar-refractivity contribution in [3.8, 4) is 0 Å². The van der Waals surface area contributed by atoms with Crippen LogP contribution in [0.15, 0.2) is 47.4 Å². The van der Waals surface area contributed by atoms with Crippen LogP contribution in [0.4, 0.5) is 5.69 Å². The zero-order chi connectivity index (χ0) is 21.9. The maximum atomic E-state index is 12.9. The van der Waals surface area contributed by atoms with Gasteiger partial charge in [0, 0.05) is 37.3 Å². The molecule has 2 N–H and O–H groups in total. The number of carbonyl (C=O) groups excluding carboxylic acids is 2. The molecule has 0 atom stereocenters. The van der Waals surface area contributed by atoms with E-state index in [1.807, 2.05) is 13.8 Å². The van der Waals surface area contributed by atoms with Gasteiger partial charge in [-0.3, -0.25) is 9.59 Å². The van der Waals surface area contributed by atoms with Crippen molar-refractivity contribution in [1.29, 1.82) is 0 Å². The molecule has 3 rings (SSSR count). The second-order valence-electron chi connectivity index (χ2n) is 7.71. The number of amides is 2. The van der Waals surface area contributed by atoms with Gasteiger partial charge in [0.1, 0.15) is 0 Å². The lowest BCUT2D eigenvalue weighted by Gasteiger charge is -2.32. The highest BCUT2D eigenvalue weighted by molar-refractivity contribution is 7.89. The Hall–Kier alpha value is -2.71. The Labute approximate surface area is 177 Å². The van der Waals surface area contributed by atoms with Gasteiger partial charge in [0.2, 0.25) is 15.9 Å². The van der Waals surface area contributed by atoms with Crippen LogP contribution in [0.3, 0.4) is 0 Å². The lowest BCUT2D eigenvalue weighted by atomic mass is 10.0. The van der Waals surface area contributed by atoms with Crippen LogP contribution in [-0.4, -0.2) is 44.3 Å². The molecule has 0 unspecified atom stereocenters. The number of sulfonamides is 1. The van der Waals surface area contributed by atoms with E-state index in [9.17, 15) is 18.0 Å². The molecule has 30 heavy (non-hydrogen) atoms. The van der Waals surface area contributed by atoms with E-state index in [0.29, 0.717) is 37.2 Å². The molecule has 2 aromatic rings. The normalized spacial score (nSPS) is 15.1. The number of carbonyl (C=O) groups is 2. The number of benzene rings is 2. The van der Waals surface area contributed by atoms with E-state index in [1.165, 1.54) is 6.92 Å². The van der Waals surface area contributed by atoms with Gasteiger partial charge in [-0.05, 0) is 56.5 Å². The van der Waals surface area contributed by atoms with Crippen molar-refractivity contribution >= 4 is 27.5 Å². The molecular weight excluding hydrogens is 402 g/mol. The molecule has 0 bridgehead atoms. The number of anilines is 1. The SMILES string of the molecule is CC(=O)Nc1cc(C(=O)N2CCC(NS(=O)(=O)c3ccc(C)cc3)CC2)ccc1C. The number of nitrogens with one attached hydrogen (secondary N) is 2. The summed E-state index contributed by atoms with van der Waals surface area (Å²) >= 11 is 0. The maximum absolute atomic E-state index is 12.9. The molecule has 8 heteroatoms. The van der Waals surface area contributed by atoms with Gasteiger partial charge in [0.15, 0.2) is 0 Å². The Bertz CT molecular complexity index is 1040. The van der Waals surface area contributed by atoms with Crippen molar-refractivity contribution in [3.05, 3.63) is 59.2 Å². The van der Waals surface area contributed by atoms with Crippen LogP contribution in [0, 0.1) is 13.8 Å². The van der Waals surface area contributed by atoms with E-state index in [4.69, 9.17) is 0 Å². The highest BCUT2D eigenvalue weighted by Crippen LogP contribution is 2.21. The summed E-state index contributed by atoms with van der Waals surface area (Å²) in [6, 6.07) is 11.8. The number of hydrogen-bond acceptors (Lipinski definition) is 4. The molecule has 1 aliphatic heterocycles. The summed E-state index contributed by atoms with van der Waals surface area (Å²) in [6.07, 6.45) is 1.09. The molecule has 0 aromatic heterocycles. The number of piperidine rings is 1. The van der Waals surface area contributed by atoms with Gasteiger partial charge in [0.25, 0.3) is 5.91 Å². The van der Waals surface area contributed by atoms with Gasteiger partial charge < -0.3 is 10.2 Å². The Morgan fingerprint density at radius 1 is 1.00 bits per heavy atom. The minimum absolute atomic E-state index is 0.124. The van der Waals surface area contributed by atoms with Crippen LogP contribution in [-0.2, 0) is 14.8 Å². The average molecular weight is 430 g/mol. The lowest BCUT2D eigenvalue weighted by molar-refractivity contribution is -0.114. The van der Waals surface area contributed by atoms with Crippen LogP contribution in [0.2, 0.25) is 0 Å². The number of aryl methyl sites for hydroxylation is 2. The zero-order valence-electron chi connectivity index (χ0n) is 17.4. The molecule has 0 radical (unpaired) electrons. The van der Waals surface area contributed by atoms with E-state index >= 15 is 0 Å². The zero-order valence-corrected chi connectivity index (χ0v) is 18.3. The largest absolute Gasteiger partial charge is 0.339 e. The molecule has 1 saturated heterocycles. The van der Waals surface area contributed by atoms with Crippen molar-refractivity contribution in [2.45, 2.75) is 44.6 Å². The van der Waals surface area contributed by atoms with Crippen molar-refractivity contribution in [2.75, 3.05) is 18.4 Å². The fourth-order valence-electron chi connectivity index (χ4n) is 3.47. The lowest BCUT2D eigenvalue weighted by Crippen LogP contribution is -2.46. The number of nitrogens with zero attached hydrogens (tertiary/aromatic N) is 1. The third-order valence-electron chi connectivity index (χ3n) is 5.23. The van der Waals surface area contributed by atoms with Crippen molar-refractivity contribution in [2.24, 2.45) is 0 Å². The predicted molar refractivity (Wildman–Crippen MR) is 116 cm³/mol. The maximum Gasteiger partial charge on any atom is 0.253 e. The molecular formula is C22H27N3O4S. The van der Waals surface area contributed by atoms with E-state index in [2.05, 4.69) is 10.0 Å². The third-order valence-corrected chi connectivity index (χ3v) is 6.77. The van der Waals surface area contributed by atoms with E-state index in [1.54, 1.807) is 47.4 Å². The first-order chi connectivity index (χ1) is 14.2. The molecule has 1 heterocycles. The molecule has 0 aliphatic carbocycles. The Morgan fingerprint density at radius 3 is 2.23 bits per heavy atom. The Morgan fingerprint density at radius 2 is 1.63 bits per heavy atom. The molecule has 0 spiro atoms. The summed E-state index contributed by atoms with van der Waals surface area (Å²) < 4.78 is 27.9. The summed E-state index contributed by atoms with van der Waals surface area (Å²) in [7, 11) is -3.58. The number of likely N-dealkylation sites (tertiary alicyclic amines) is 1. The second kappa shape index (κ2) is 8.97. The van der Waals surface area contributed by atoms with Crippen molar-refractivity contribution in [3.63, 3.8) is 0 Å². The van der Waals surface area contributed by atoms with Gasteiger partial charge >= 0.3 is 0 Å². The fourth-order valence-corrected chi connectivity index (χ4v) is 4.77. The van der Waals surface area contributed by atoms with E-state index in [0.717, 1.165) is 11.1 Å².